The van der Waals surface area contributed by atoms with Gasteiger partial charge in [-0.05, 0) is 25.7 Å². The number of hydrogen-bond acceptors (Lipinski definition) is 1. The zero-order chi connectivity index (χ0) is 11.4. The lowest BCUT2D eigenvalue weighted by Gasteiger charge is -2.27. The van der Waals surface area contributed by atoms with Crippen LogP contribution in [0.2, 0.25) is 0 Å². The minimum absolute atomic E-state index is 0.120. The van der Waals surface area contributed by atoms with Gasteiger partial charge in [0.05, 0.1) is 0 Å². The molecule has 2 saturated carbocycles. The first-order chi connectivity index (χ1) is 7.81. The van der Waals surface area contributed by atoms with Crippen LogP contribution in [0.15, 0.2) is 12.7 Å². The summed E-state index contributed by atoms with van der Waals surface area (Å²) in [6.45, 7) is 4.40. The monoisotopic (exact) mass is 222 g/mol. The minimum Gasteiger partial charge on any atom is -0.335 e. The molecule has 0 radical (unpaired) electrons. The van der Waals surface area contributed by atoms with E-state index in [4.69, 9.17) is 0 Å². The molecular weight excluding hydrogens is 200 g/mol. The van der Waals surface area contributed by atoms with E-state index in [1.165, 1.54) is 19.3 Å². The van der Waals surface area contributed by atoms with Gasteiger partial charge >= 0.3 is 6.03 Å². The lowest BCUT2D eigenvalue weighted by atomic mass is 9.96. The van der Waals surface area contributed by atoms with Crippen LogP contribution >= 0.6 is 0 Å². The van der Waals surface area contributed by atoms with Crippen LogP contribution in [-0.4, -0.2) is 29.6 Å². The molecule has 0 aromatic rings. The van der Waals surface area contributed by atoms with Crippen LogP contribution in [0.4, 0.5) is 4.79 Å². The molecule has 0 aliphatic heterocycles. The van der Waals surface area contributed by atoms with E-state index >= 15 is 0 Å². The second-order valence-corrected chi connectivity index (χ2v) is 4.96. The van der Waals surface area contributed by atoms with Crippen molar-refractivity contribution in [2.45, 2.75) is 57.0 Å². The summed E-state index contributed by atoms with van der Waals surface area (Å²) < 4.78 is 0. The molecule has 90 valence electrons. The number of nitrogens with zero attached hydrogens (tertiary/aromatic N) is 1. The number of amides is 2. The Hall–Kier alpha value is -0.990. The van der Waals surface area contributed by atoms with Gasteiger partial charge in [-0.2, -0.15) is 0 Å². The lowest BCUT2D eigenvalue weighted by Crippen LogP contribution is -2.46. The molecule has 3 heteroatoms. The van der Waals surface area contributed by atoms with Crippen molar-refractivity contribution in [3.8, 4) is 0 Å². The molecule has 0 aromatic heterocycles. The predicted octanol–water partition coefficient (Wildman–Crippen LogP) is 2.68. The Morgan fingerprint density at radius 2 is 1.94 bits per heavy atom. The van der Waals surface area contributed by atoms with Crippen molar-refractivity contribution >= 4 is 6.03 Å². The molecule has 3 nitrogen and oxygen atoms in total. The quantitative estimate of drug-likeness (QED) is 0.729. The SMILES string of the molecule is C=CCN(C(=O)NC1CCCCC1)C1CC1. The normalized spacial score (nSPS) is 21.5. The Kier molecular flexibility index (Phi) is 3.86. The molecule has 16 heavy (non-hydrogen) atoms. The highest BCUT2D eigenvalue weighted by Gasteiger charge is 2.32. The van der Waals surface area contributed by atoms with E-state index in [2.05, 4.69) is 11.9 Å². The van der Waals surface area contributed by atoms with E-state index in [1.807, 2.05) is 11.0 Å². The van der Waals surface area contributed by atoms with Gasteiger partial charge in [-0.15, -0.1) is 6.58 Å². The molecular formula is C13H22N2O. The van der Waals surface area contributed by atoms with Gasteiger partial charge in [-0.3, -0.25) is 0 Å². The highest BCUT2D eigenvalue weighted by Crippen LogP contribution is 2.27. The summed E-state index contributed by atoms with van der Waals surface area (Å²) in [6, 6.07) is 1.00. The van der Waals surface area contributed by atoms with Gasteiger partial charge in [0.25, 0.3) is 0 Å². The smallest absolute Gasteiger partial charge is 0.318 e. The van der Waals surface area contributed by atoms with Crippen LogP contribution in [0.25, 0.3) is 0 Å². The number of carbonyl (C=O) groups excluding carboxylic acids is 1. The van der Waals surface area contributed by atoms with Crippen molar-refractivity contribution in [1.82, 2.24) is 10.2 Å². The molecule has 2 aliphatic rings. The summed E-state index contributed by atoms with van der Waals surface area (Å²) in [5, 5.41) is 3.16. The standard InChI is InChI=1S/C13H22N2O/c1-2-10-15(12-8-9-12)13(16)14-11-6-4-3-5-7-11/h2,11-12H,1,3-10H2,(H,14,16). The minimum atomic E-state index is 0.120. The molecule has 0 bridgehead atoms. The summed E-state index contributed by atoms with van der Waals surface area (Å²) in [5.41, 5.74) is 0. The average molecular weight is 222 g/mol. The average Bonchev–Trinajstić information content (AvgIpc) is 3.11. The van der Waals surface area contributed by atoms with E-state index in [0.717, 1.165) is 25.7 Å². The number of nitrogens with one attached hydrogen (secondary N) is 1. The maximum absolute atomic E-state index is 12.0. The van der Waals surface area contributed by atoms with Gasteiger partial charge in [0.2, 0.25) is 0 Å². The third-order valence-electron chi connectivity index (χ3n) is 3.51. The van der Waals surface area contributed by atoms with Crippen molar-refractivity contribution in [1.29, 1.82) is 0 Å². The Labute approximate surface area is 97.9 Å². The fourth-order valence-corrected chi connectivity index (χ4v) is 2.43. The molecule has 2 amide bonds. The summed E-state index contributed by atoms with van der Waals surface area (Å²) in [7, 11) is 0. The third-order valence-corrected chi connectivity index (χ3v) is 3.51. The zero-order valence-electron chi connectivity index (χ0n) is 9.95. The first kappa shape index (κ1) is 11.5. The summed E-state index contributed by atoms with van der Waals surface area (Å²) in [6.07, 6.45) is 10.3. The first-order valence-electron chi connectivity index (χ1n) is 6.49. The van der Waals surface area contributed by atoms with Crippen molar-refractivity contribution in [2.75, 3.05) is 6.54 Å². The largest absolute Gasteiger partial charge is 0.335 e. The molecule has 0 spiro atoms. The molecule has 0 heterocycles. The van der Waals surface area contributed by atoms with Crippen molar-refractivity contribution in [2.24, 2.45) is 0 Å². The van der Waals surface area contributed by atoms with Gasteiger partial charge in [-0.1, -0.05) is 25.3 Å². The van der Waals surface area contributed by atoms with Crippen molar-refractivity contribution in [3.63, 3.8) is 0 Å². The first-order valence-corrected chi connectivity index (χ1v) is 6.49. The Bertz CT molecular complexity index is 255. The second-order valence-electron chi connectivity index (χ2n) is 4.96. The zero-order valence-corrected chi connectivity index (χ0v) is 9.95. The molecule has 2 aliphatic carbocycles. The number of rotatable bonds is 4. The van der Waals surface area contributed by atoms with Crippen molar-refractivity contribution < 1.29 is 4.79 Å². The number of hydrogen-bond donors (Lipinski definition) is 1. The summed E-state index contributed by atoms with van der Waals surface area (Å²) in [4.78, 5) is 14.0. The summed E-state index contributed by atoms with van der Waals surface area (Å²) >= 11 is 0. The number of urea groups is 1. The molecule has 0 saturated heterocycles. The third kappa shape index (κ3) is 3.00. The second kappa shape index (κ2) is 5.37. The maximum Gasteiger partial charge on any atom is 0.318 e. The van der Waals surface area contributed by atoms with Crippen LogP contribution < -0.4 is 5.32 Å². The van der Waals surface area contributed by atoms with E-state index in [0.29, 0.717) is 18.6 Å². The van der Waals surface area contributed by atoms with Crippen LogP contribution in [0, 0.1) is 0 Å². The number of carbonyl (C=O) groups is 1. The summed E-state index contributed by atoms with van der Waals surface area (Å²) in [5.74, 6) is 0. The molecule has 2 rings (SSSR count). The Morgan fingerprint density at radius 1 is 1.25 bits per heavy atom. The van der Waals surface area contributed by atoms with E-state index in [1.54, 1.807) is 0 Å². The Balaban J connectivity index is 1.81. The molecule has 2 fully saturated rings. The van der Waals surface area contributed by atoms with Crippen LogP contribution in [0.5, 0.6) is 0 Å². The van der Waals surface area contributed by atoms with E-state index in [9.17, 15) is 4.79 Å². The predicted molar refractivity (Wildman–Crippen MR) is 65.3 cm³/mol. The van der Waals surface area contributed by atoms with Crippen LogP contribution in [0.3, 0.4) is 0 Å². The Morgan fingerprint density at radius 3 is 2.50 bits per heavy atom. The van der Waals surface area contributed by atoms with Gasteiger partial charge in [0.1, 0.15) is 0 Å². The van der Waals surface area contributed by atoms with E-state index in [-0.39, 0.29) is 6.03 Å². The van der Waals surface area contributed by atoms with Crippen LogP contribution in [0.1, 0.15) is 44.9 Å². The molecule has 1 N–H and O–H groups in total. The van der Waals surface area contributed by atoms with Gasteiger partial charge < -0.3 is 10.2 Å². The van der Waals surface area contributed by atoms with Crippen molar-refractivity contribution in [3.05, 3.63) is 12.7 Å². The fourth-order valence-electron chi connectivity index (χ4n) is 2.43. The highest BCUT2D eigenvalue weighted by molar-refractivity contribution is 5.75. The highest BCUT2D eigenvalue weighted by atomic mass is 16.2. The topological polar surface area (TPSA) is 32.3 Å². The van der Waals surface area contributed by atoms with Gasteiger partial charge in [0.15, 0.2) is 0 Å². The van der Waals surface area contributed by atoms with Crippen LogP contribution in [-0.2, 0) is 0 Å². The molecule has 0 aromatic carbocycles. The van der Waals surface area contributed by atoms with E-state index < -0.39 is 0 Å². The lowest BCUT2D eigenvalue weighted by molar-refractivity contribution is 0.192. The van der Waals surface area contributed by atoms with Gasteiger partial charge in [-0.25, -0.2) is 4.79 Å². The maximum atomic E-state index is 12.0. The fraction of sp³-hybridized carbons (Fsp3) is 0.769. The molecule has 0 atom stereocenters. The van der Waals surface area contributed by atoms with Gasteiger partial charge in [0, 0.05) is 18.6 Å². The molecule has 0 unspecified atom stereocenters.